The van der Waals surface area contributed by atoms with Crippen molar-refractivity contribution in [1.29, 1.82) is 0 Å². The summed E-state index contributed by atoms with van der Waals surface area (Å²) >= 11 is 0. The quantitative estimate of drug-likeness (QED) is 0.245. The maximum atomic E-state index is 12.5. The van der Waals surface area contributed by atoms with Gasteiger partial charge in [0.2, 0.25) is 0 Å². The van der Waals surface area contributed by atoms with Gasteiger partial charge in [-0.05, 0) is 70.9 Å². The van der Waals surface area contributed by atoms with Crippen molar-refractivity contribution in [2.75, 3.05) is 14.2 Å². The van der Waals surface area contributed by atoms with E-state index < -0.39 is 0 Å². The molecule has 0 heterocycles. The van der Waals surface area contributed by atoms with Crippen molar-refractivity contribution in [1.82, 2.24) is 0 Å². The Hall–Kier alpha value is -4.05. The van der Waals surface area contributed by atoms with E-state index in [4.69, 9.17) is 14.2 Å². The van der Waals surface area contributed by atoms with Crippen molar-refractivity contribution in [2.45, 2.75) is 6.61 Å². The molecule has 0 aliphatic carbocycles. The zero-order valence-corrected chi connectivity index (χ0v) is 18.1. The molecule has 0 saturated heterocycles. The van der Waals surface area contributed by atoms with Crippen LogP contribution in [-0.2, 0) is 6.61 Å². The van der Waals surface area contributed by atoms with Gasteiger partial charge < -0.3 is 14.2 Å². The fourth-order valence-corrected chi connectivity index (χ4v) is 3.46. The summed E-state index contributed by atoms with van der Waals surface area (Å²) in [5.74, 6) is 2.18. The Morgan fingerprint density at radius 1 is 0.781 bits per heavy atom. The first-order chi connectivity index (χ1) is 15.7. The molecule has 32 heavy (non-hydrogen) atoms. The Labute approximate surface area is 187 Å². The second-order valence-corrected chi connectivity index (χ2v) is 7.30. The number of carbonyl (C=O) groups is 1. The zero-order valence-electron chi connectivity index (χ0n) is 18.1. The van der Waals surface area contributed by atoms with Crippen LogP contribution in [0.5, 0.6) is 17.2 Å². The summed E-state index contributed by atoms with van der Waals surface area (Å²) < 4.78 is 16.7. The maximum absolute atomic E-state index is 12.5. The highest BCUT2D eigenvalue weighted by Gasteiger charge is 2.07. The van der Waals surface area contributed by atoms with Crippen LogP contribution in [0.2, 0.25) is 0 Å². The number of hydrogen-bond acceptors (Lipinski definition) is 4. The summed E-state index contributed by atoms with van der Waals surface area (Å²) in [6.45, 7) is 0.357. The Morgan fingerprint density at radius 2 is 1.53 bits per heavy atom. The van der Waals surface area contributed by atoms with Crippen molar-refractivity contribution in [3.8, 4) is 17.2 Å². The van der Waals surface area contributed by atoms with E-state index in [0.717, 1.165) is 33.8 Å². The number of rotatable bonds is 8. The van der Waals surface area contributed by atoms with Gasteiger partial charge in [0.25, 0.3) is 0 Å². The topological polar surface area (TPSA) is 44.8 Å². The minimum Gasteiger partial charge on any atom is -0.497 e. The van der Waals surface area contributed by atoms with Gasteiger partial charge in [-0.3, -0.25) is 4.79 Å². The molecule has 0 unspecified atom stereocenters. The number of ether oxygens (including phenoxy) is 3. The highest BCUT2D eigenvalue weighted by molar-refractivity contribution is 6.06. The van der Waals surface area contributed by atoms with Crippen LogP contribution >= 0.6 is 0 Å². The average molecular weight is 424 g/mol. The molecule has 0 aliphatic rings. The third-order valence-electron chi connectivity index (χ3n) is 5.22. The van der Waals surface area contributed by atoms with E-state index in [9.17, 15) is 4.79 Å². The van der Waals surface area contributed by atoms with Gasteiger partial charge in [-0.1, -0.05) is 42.5 Å². The molecule has 4 rings (SSSR count). The van der Waals surface area contributed by atoms with Crippen molar-refractivity contribution >= 4 is 22.6 Å². The van der Waals surface area contributed by atoms with Gasteiger partial charge in [-0.2, -0.15) is 0 Å². The standard InChI is InChI=1S/C28H24O4/c1-30-25-12-10-22(11-13-25)27(29)15-7-20-8-16-28(31-2)24(17-20)19-32-26-14-9-21-5-3-4-6-23(21)18-26/h3-18H,19H2,1-2H3/b15-7+. The van der Waals surface area contributed by atoms with E-state index in [1.165, 1.54) is 5.39 Å². The zero-order chi connectivity index (χ0) is 22.3. The number of benzene rings is 4. The van der Waals surface area contributed by atoms with Crippen LogP contribution in [0, 0.1) is 0 Å². The first-order valence-electron chi connectivity index (χ1n) is 10.3. The van der Waals surface area contributed by atoms with Crippen LogP contribution in [0.25, 0.3) is 16.8 Å². The molecule has 0 radical (unpaired) electrons. The van der Waals surface area contributed by atoms with Crippen molar-refractivity contribution in [3.05, 3.63) is 108 Å². The molecule has 0 atom stereocenters. The fraction of sp³-hybridized carbons (Fsp3) is 0.107. The second-order valence-electron chi connectivity index (χ2n) is 7.30. The first kappa shape index (κ1) is 21.2. The van der Waals surface area contributed by atoms with E-state index in [-0.39, 0.29) is 5.78 Å². The van der Waals surface area contributed by atoms with Gasteiger partial charge >= 0.3 is 0 Å². The van der Waals surface area contributed by atoms with Crippen molar-refractivity contribution in [3.63, 3.8) is 0 Å². The molecule has 0 N–H and O–H groups in total. The minimum atomic E-state index is -0.0718. The molecule has 0 spiro atoms. The van der Waals surface area contributed by atoms with Gasteiger partial charge in [-0.25, -0.2) is 0 Å². The number of hydrogen-bond donors (Lipinski definition) is 0. The fourth-order valence-electron chi connectivity index (χ4n) is 3.46. The molecule has 0 aliphatic heterocycles. The molecule has 4 aromatic rings. The summed E-state index contributed by atoms with van der Waals surface area (Å²) in [6.07, 6.45) is 3.36. The van der Waals surface area contributed by atoms with Gasteiger partial charge in [0.15, 0.2) is 5.78 Å². The molecular weight excluding hydrogens is 400 g/mol. The van der Waals surface area contributed by atoms with Crippen LogP contribution in [0.3, 0.4) is 0 Å². The lowest BCUT2D eigenvalue weighted by molar-refractivity contribution is 0.104. The molecule has 0 aromatic heterocycles. The summed E-state index contributed by atoms with van der Waals surface area (Å²) in [6, 6.07) is 27.0. The predicted octanol–water partition coefficient (Wildman–Crippen LogP) is 6.33. The predicted molar refractivity (Wildman–Crippen MR) is 128 cm³/mol. The van der Waals surface area contributed by atoms with E-state index in [1.54, 1.807) is 50.6 Å². The Balaban J connectivity index is 1.48. The lowest BCUT2D eigenvalue weighted by atomic mass is 10.1. The molecule has 0 bridgehead atoms. The number of methoxy groups -OCH3 is 2. The third kappa shape index (κ3) is 4.98. The van der Waals surface area contributed by atoms with Crippen LogP contribution in [0.4, 0.5) is 0 Å². The lowest BCUT2D eigenvalue weighted by Gasteiger charge is -2.12. The SMILES string of the molecule is COc1ccc(C(=O)/C=C/c2ccc(OC)c(COc3ccc4ccccc4c3)c2)cc1. The van der Waals surface area contributed by atoms with E-state index in [0.29, 0.717) is 12.2 Å². The molecule has 160 valence electrons. The Kier molecular flexibility index (Phi) is 6.52. The summed E-state index contributed by atoms with van der Waals surface area (Å²) in [5, 5.41) is 2.30. The number of fused-ring (bicyclic) bond motifs is 1. The Morgan fingerprint density at radius 3 is 2.28 bits per heavy atom. The van der Waals surface area contributed by atoms with Crippen LogP contribution in [0.15, 0.2) is 91.0 Å². The molecular formula is C28H24O4. The van der Waals surface area contributed by atoms with E-state index in [1.807, 2.05) is 48.5 Å². The van der Waals surface area contributed by atoms with Crippen LogP contribution < -0.4 is 14.2 Å². The molecule has 0 amide bonds. The number of allylic oxidation sites excluding steroid dienone is 1. The van der Waals surface area contributed by atoms with Gasteiger partial charge in [0.05, 0.1) is 14.2 Å². The summed E-state index contributed by atoms with van der Waals surface area (Å²) in [7, 11) is 3.24. The highest BCUT2D eigenvalue weighted by Crippen LogP contribution is 2.25. The molecule has 4 aromatic carbocycles. The van der Waals surface area contributed by atoms with Gasteiger partial charge in [0, 0.05) is 11.1 Å². The smallest absolute Gasteiger partial charge is 0.185 e. The van der Waals surface area contributed by atoms with Crippen molar-refractivity contribution in [2.24, 2.45) is 0 Å². The summed E-state index contributed by atoms with van der Waals surface area (Å²) in [4.78, 5) is 12.5. The van der Waals surface area contributed by atoms with Gasteiger partial charge in [0.1, 0.15) is 23.9 Å². The first-order valence-corrected chi connectivity index (χ1v) is 10.3. The molecule has 0 fully saturated rings. The molecule has 4 nitrogen and oxygen atoms in total. The van der Waals surface area contributed by atoms with E-state index in [2.05, 4.69) is 12.1 Å². The Bertz CT molecular complexity index is 1260. The summed E-state index contributed by atoms with van der Waals surface area (Å²) in [5.41, 5.74) is 2.40. The number of ketones is 1. The maximum Gasteiger partial charge on any atom is 0.185 e. The normalized spacial score (nSPS) is 10.9. The van der Waals surface area contributed by atoms with E-state index >= 15 is 0 Å². The van der Waals surface area contributed by atoms with Crippen LogP contribution in [0.1, 0.15) is 21.5 Å². The average Bonchev–Trinajstić information content (AvgIpc) is 2.86. The largest absolute Gasteiger partial charge is 0.497 e. The molecule has 4 heteroatoms. The monoisotopic (exact) mass is 424 g/mol. The van der Waals surface area contributed by atoms with Crippen molar-refractivity contribution < 1.29 is 19.0 Å². The third-order valence-corrected chi connectivity index (χ3v) is 5.22. The highest BCUT2D eigenvalue weighted by atomic mass is 16.5. The lowest BCUT2D eigenvalue weighted by Crippen LogP contribution is -1.99. The second kappa shape index (κ2) is 9.84. The number of carbonyl (C=O) groups excluding carboxylic acids is 1. The minimum absolute atomic E-state index is 0.0718. The van der Waals surface area contributed by atoms with Gasteiger partial charge in [-0.15, -0.1) is 0 Å². The molecule has 0 saturated carbocycles. The van der Waals surface area contributed by atoms with Crippen LogP contribution in [-0.4, -0.2) is 20.0 Å².